The fourth-order valence-corrected chi connectivity index (χ4v) is 1.72. The number of rotatable bonds is 8. The average molecular weight is 300 g/mol. The molecule has 0 rings (SSSR count). The van der Waals surface area contributed by atoms with E-state index in [1.807, 2.05) is 34.6 Å². The number of nitrogens with zero attached hydrogens (tertiary/aromatic N) is 1. The minimum atomic E-state index is -1.01. The third-order valence-corrected chi connectivity index (χ3v) is 2.80. The lowest BCUT2D eigenvalue weighted by atomic mass is 9.96. The predicted octanol–water partition coefficient (Wildman–Crippen LogP) is 1.50. The Labute approximate surface area is 126 Å². The molecule has 2 N–H and O–H groups in total. The van der Waals surface area contributed by atoms with E-state index in [0.29, 0.717) is 19.5 Å². The fourth-order valence-electron chi connectivity index (χ4n) is 1.72. The molecule has 0 aromatic carbocycles. The highest BCUT2D eigenvalue weighted by Gasteiger charge is 2.21. The minimum Gasteiger partial charge on any atom is -0.480 e. The van der Waals surface area contributed by atoms with E-state index in [1.165, 1.54) is 4.90 Å². The molecule has 0 atom stereocenters. The van der Waals surface area contributed by atoms with E-state index in [1.54, 1.807) is 0 Å². The molecule has 0 aromatic rings. The number of nitrogens with one attached hydrogen (secondary N) is 1. The number of aliphatic carboxylic acids is 1. The largest absolute Gasteiger partial charge is 0.480 e. The maximum Gasteiger partial charge on any atom is 0.323 e. The third kappa shape index (κ3) is 9.05. The van der Waals surface area contributed by atoms with Gasteiger partial charge in [-0.3, -0.25) is 14.4 Å². The van der Waals surface area contributed by atoms with Gasteiger partial charge in [-0.05, 0) is 12.3 Å². The van der Waals surface area contributed by atoms with Gasteiger partial charge in [0.05, 0.1) is 0 Å². The lowest BCUT2D eigenvalue weighted by Gasteiger charge is -2.23. The van der Waals surface area contributed by atoms with Crippen LogP contribution in [0.5, 0.6) is 0 Å². The highest BCUT2D eigenvalue weighted by Crippen LogP contribution is 2.12. The van der Waals surface area contributed by atoms with Gasteiger partial charge in [-0.1, -0.05) is 34.6 Å². The van der Waals surface area contributed by atoms with Gasteiger partial charge in [0.2, 0.25) is 11.8 Å². The highest BCUT2D eigenvalue weighted by molar-refractivity contribution is 5.82. The zero-order chi connectivity index (χ0) is 16.6. The smallest absolute Gasteiger partial charge is 0.323 e. The van der Waals surface area contributed by atoms with Gasteiger partial charge < -0.3 is 15.3 Å². The van der Waals surface area contributed by atoms with Gasteiger partial charge in [0.1, 0.15) is 6.54 Å². The normalized spacial score (nSPS) is 11.3. The number of carboxylic acids is 1. The number of carbonyl (C=O) groups is 3. The van der Waals surface area contributed by atoms with Crippen molar-refractivity contribution in [1.82, 2.24) is 10.2 Å². The highest BCUT2D eigenvalue weighted by atomic mass is 16.4. The summed E-state index contributed by atoms with van der Waals surface area (Å²) in [6.07, 6.45) is 0.749. The zero-order valence-electron chi connectivity index (χ0n) is 13.7. The van der Waals surface area contributed by atoms with Crippen LogP contribution >= 0.6 is 0 Å². The molecule has 6 heteroatoms. The van der Waals surface area contributed by atoms with E-state index in [2.05, 4.69) is 5.32 Å². The summed E-state index contributed by atoms with van der Waals surface area (Å²) in [6, 6.07) is 0. The molecular weight excluding hydrogens is 272 g/mol. The molecule has 0 unspecified atom stereocenters. The first-order valence-electron chi connectivity index (χ1n) is 7.32. The quantitative estimate of drug-likeness (QED) is 0.665. The van der Waals surface area contributed by atoms with Crippen LogP contribution in [-0.2, 0) is 14.4 Å². The van der Waals surface area contributed by atoms with Gasteiger partial charge in [0.15, 0.2) is 0 Å². The average Bonchev–Trinajstić information content (AvgIpc) is 2.30. The Kier molecular flexibility index (Phi) is 7.99. The SMILES string of the molecule is CC(C)CN(CC(=O)O)C(=O)CCCNC(=O)C(C)(C)C. The number of hydrogen-bond acceptors (Lipinski definition) is 3. The second-order valence-corrected chi connectivity index (χ2v) is 6.67. The van der Waals surface area contributed by atoms with Crippen LogP contribution in [0.1, 0.15) is 47.5 Å². The van der Waals surface area contributed by atoms with E-state index >= 15 is 0 Å². The first kappa shape index (κ1) is 19.4. The standard InChI is InChI=1S/C15H28N2O4/c1-11(2)9-17(10-13(19)20)12(18)7-6-8-16-14(21)15(3,4)5/h11H,6-10H2,1-5H3,(H,16,21)(H,19,20). The summed E-state index contributed by atoms with van der Waals surface area (Å²) in [5, 5.41) is 11.6. The third-order valence-electron chi connectivity index (χ3n) is 2.80. The molecule has 0 radical (unpaired) electrons. The molecule has 21 heavy (non-hydrogen) atoms. The lowest BCUT2D eigenvalue weighted by molar-refractivity contribution is -0.144. The molecule has 0 aliphatic heterocycles. The van der Waals surface area contributed by atoms with Crippen LogP contribution in [0.15, 0.2) is 0 Å². The summed E-state index contributed by atoms with van der Waals surface area (Å²) in [5.74, 6) is -1.03. The van der Waals surface area contributed by atoms with Gasteiger partial charge in [-0.15, -0.1) is 0 Å². The van der Waals surface area contributed by atoms with Crippen molar-refractivity contribution in [2.75, 3.05) is 19.6 Å². The summed E-state index contributed by atoms with van der Waals surface area (Å²) in [4.78, 5) is 35.8. The molecule has 0 aromatic heterocycles. The van der Waals surface area contributed by atoms with Crippen molar-refractivity contribution in [3.63, 3.8) is 0 Å². The Morgan fingerprint density at radius 2 is 1.76 bits per heavy atom. The van der Waals surface area contributed by atoms with Crippen molar-refractivity contribution < 1.29 is 19.5 Å². The van der Waals surface area contributed by atoms with Gasteiger partial charge in [0.25, 0.3) is 0 Å². The summed E-state index contributed by atoms with van der Waals surface area (Å²) in [5.41, 5.74) is -0.447. The van der Waals surface area contributed by atoms with Gasteiger partial charge >= 0.3 is 5.97 Å². The van der Waals surface area contributed by atoms with Crippen LogP contribution in [-0.4, -0.2) is 47.4 Å². The van der Waals surface area contributed by atoms with Crippen molar-refractivity contribution in [3.8, 4) is 0 Å². The summed E-state index contributed by atoms with van der Waals surface area (Å²) >= 11 is 0. The first-order valence-corrected chi connectivity index (χ1v) is 7.32. The Balaban J connectivity index is 4.20. The lowest BCUT2D eigenvalue weighted by Crippen LogP contribution is -2.39. The van der Waals surface area contributed by atoms with Crippen molar-refractivity contribution in [1.29, 1.82) is 0 Å². The molecule has 0 saturated carbocycles. The molecule has 0 saturated heterocycles. The van der Waals surface area contributed by atoms with Crippen LogP contribution in [0, 0.1) is 11.3 Å². The van der Waals surface area contributed by atoms with Crippen LogP contribution < -0.4 is 5.32 Å². The summed E-state index contributed by atoms with van der Waals surface area (Å²) in [6.45, 7) is 9.92. The van der Waals surface area contributed by atoms with E-state index in [-0.39, 0.29) is 30.7 Å². The van der Waals surface area contributed by atoms with Gasteiger partial charge in [0, 0.05) is 24.9 Å². The summed E-state index contributed by atoms with van der Waals surface area (Å²) < 4.78 is 0. The van der Waals surface area contributed by atoms with Gasteiger partial charge in [-0.25, -0.2) is 0 Å². The maximum absolute atomic E-state index is 12.0. The Bertz CT molecular complexity index is 372. The zero-order valence-corrected chi connectivity index (χ0v) is 13.7. The Hall–Kier alpha value is -1.59. The second-order valence-electron chi connectivity index (χ2n) is 6.67. The number of hydrogen-bond donors (Lipinski definition) is 2. The number of carboxylic acid groups (broad SMARTS) is 1. The number of amides is 2. The van der Waals surface area contributed by atoms with E-state index in [4.69, 9.17) is 5.11 Å². The Morgan fingerprint density at radius 1 is 1.19 bits per heavy atom. The molecule has 0 aliphatic rings. The van der Waals surface area contributed by atoms with E-state index < -0.39 is 11.4 Å². The van der Waals surface area contributed by atoms with E-state index in [0.717, 1.165) is 0 Å². The van der Waals surface area contributed by atoms with Crippen LogP contribution in [0.3, 0.4) is 0 Å². The molecule has 0 spiro atoms. The summed E-state index contributed by atoms with van der Waals surface area (Å²) in [7, 11) is 0. The number of carbonyl (C=O) groups excluding carboxylic acids is 2. The van der Waals surface area contributed by atoms with Gasteiger partial charge in [-0.2, -0.15) is 0 Å². The Morgan fingerprint density at radius 3 is 2.19 bits per heavy atom. The van der Waals surface area contributed by atoms with Crippen LogP contribution in [0.25, 0.3) is 0 Å². The molecule has 0 fully saturated rings. The molecule has 0 bridgehead atoms. The molecule has 6 nitrogen and oxygen atoms in total. The topological polar surface area (TPSA) is 86.7 Å². The first-order chi connectivity index (χ1) is 9.54. The monoisotopic (exact) mass is 300 g/mol. The second kappa shape index (κ2) is 8.64. The molecule has 0 heterocycles. The maximum atomic E-state index is 12.0. The molecule has 0 aliphatic carbocycles. The van der Waals surface area contributed by atoms with E-state index in [9.17, 15) is 14.4 Å². The molecular formula is C15H28N2O4. The van der Waals surface area contributed by atoms with Crippen LogP contribution in [0.4, 0.5) is 0 Å². The van der Waals surface area contributed by atoms with Crippen molar-refractivity contribution >= 4 is 17.8 Å². The van der Waals surface area contributed by atoms with Crippen molar-refractivity contribution in [3.05, 3.63) is 0 Å². The van der Waals surface area contributed by atoms with Crippen molar-refractivity contribution in [2.45, 2.75) is 47.5 Å². The minimum absolute atomic E-state index is 0.0560. The van der Waals surface area contributed by atoms with Crippen molar-refractivity contribution in [2.24, 2.45) is 11.3 Å². The molecule has 122 valence electrons. The van der Waals surface area contributed by atoms with Crippen LogP contribution in [0.2, 0.25) is 0 Å². The predicted molar refractivity (Wildman–Crippen MR) is 80.8 cm³/mol. The molecule has 2 amide bonds. The fraction of sp³-hybridized carbons (Fsp3) is 0.800.